The third kappa shape index (κ3) is 4.16. The Kier molecular flexibility index (Phi) is 6.60. The third-order valence-corrected chi connectivity index (χ3v) is 5.51. The zero-order valence-corrected chi connectivity index (χ0v) is 18.2. The fourth-order valence-electron chi connectivity index (χ4n) is 3.53. The number of halogens is 2. The van der Waals surface area contributed by atoms with Crippen LogP contribution in [0.15, 0.2) is 47.3 Å². The first-order valence-electron chi connectivity index (χ1n) is 9.60. The maximum absolute atomic E-state index is 13.4. The van der Waals surface area contributed by atoms with Crippen LogP contribution in [0.25, 0.3) is 10.9 Å². The lowest BCUT2D eigenvalue weighted by molar-refractivity contribution is 0.0658. The molecule has 1 amide bonds. The molecule has 0 N–H and O–H groups in total. The van der Waals surface area contributed by atoms with Crippen molar-refractivity contribution in [3.05, 3.63) is 74.3 Å². The summed E-state index contributed by atoms with van der Waals surface area (Å²) in [5.74, 6) is 0.353. The molecule has 0 spiro atoms. The van der Waals surface area contributed by atoms with Crippen LogP contribution in [0.3, 0.4) is 0 Å². The molecule has 1 unspecified atom stereocenters. The molecule has 1 heterocycles. The Balaban J connectivity index is 2.12. The van der Waals surface area contributed by atoms with Crippen LogP contribution in [0.2, 0.25) is 10.0 Å². The molecule has 3 rings (SSSR count). The first kappa shape index (κ1) is 21.3. The zero-order chi connectivity index (χ0) is 21.1. The smallest absolute Gasteiger partial charge is 0.261 e. The second-order valence-corrected chi connectivity index (χ2v) is 7.74. The van der Waals surface area contributed by atoms with E-state index in [-0.39, 0.29) is 17.5 Å². The minimum Gasteiger partial charge on any atom is -0.328 e. The summed E-state index contributed by atoms with van der Waals surface area (Å²) in [4.78, 5) is 32.7. The standard InChI is InChI=1S/C22H23Cl2N3O2/c1-4-12-27(22(29)15-11-10-14(23)13-17(15)24)19(5-2)20-25-18-9-7-6-8-16(18)21(28)26(20)3/h6-11,13,19H,4-5,12H2,1-3H3. The van der Waals surface area contributed by atoms with Gasteiger partial charge in [0.05, 0.1) is 27.5 Å². The van der Waals surface area contributed by atoms with E-state index in [0.29, 0.717) is 45.3 Å². The molecule has 7 heteroatoms. The van der Waals surface area contributed by atoms with E-state index < -0.39 is 0 Å². The van der Waals surface area contributed by atoms with Crippen LogP contribution in [0.1, 0.15) is 48.9 Å². The van der Waals surface area contributed by atoms with Gasteiger partial charge in [0.1, 0.15) is 5.82 Å². The topological polar surface area (TPSA) is 55.2 Å². The molecule has 0 aliphatic carbocycles. The second kappa shape index (κ2) is 8.97. The Labute approximate surface area is 179 Å². The fraction of sp³-hybridized carbons (Fsp3) is 0.318. The Morgan fingerprint density at radius 3 is 2.55 bits per heavy atom. The number of benzene rings is 2. The highest BCUT2D eigenvalue weighted by atomic mass is 35.5. The number of para-hydroxylation sites is 1. The third-order valence-electron chi connectivity index (χ3n) is 4.97. The molecule has 152 valence electrons. The Morgan fingerprint density at radius 2 is 1.90 bits per heavy atom. The van der Waals surface area contributed by atoms with Gasteiger partial charge in [0, 0.05) is 18.6 Å². The lowest BCUT2D eigenvalue weighted by Gasteiger charge is -2.32. The molecule has 1 atom stereocenters. The average Bonchev–Trinajstić information content (AvgIpc) is 2.71. The van der Waals surface area contributed by atoms with Crippen molar-refractivity contribution in [3.63, 3.8) is 0 Å². The molecule has 0 saturated heterocycles. The Hall–Kier alpha value is -2.37. The summed E-state index contributed by atoms with van der Waals surface area (Å²) in [5, 5.41) is 1.33. The first-order chi connectivity index (χ1) is 13.9. The van der Waals surface area contributed by atoms with Gasteiger partial charge in [0.2, 0.25) is 0 Å². The zero-order valence-electron chi connectivity index (χ0n) is 16.7. The molecule has 0 saturated carbocycles. The number of amides is 1. The molecule has 0 fully saturated rings. The van der Waals surface area contributed by atoms with Crippen LogP contribution in [0.4, 0.5) is 0 Å². The monoisotopic (exact) mass is 431 g/mol. The van der Waals surface area contributed by atoms with Gasteiger partial charge in [-0.3, -0.25) is 14.2 Å². The van der Waals surface area contributed by atoms with Gasteiger partial charge in [-0.15, -0.1) is 0 Å². The maximum atomic E-state index is 13.4. The Bertz CT molecular complexity index is 1110. The SMILES string of the molecule is CCCN(C(=O)c1ccc(Cl)cc1Cl)C(CC)c1nc2ccccc2c(=O)n1C. The van der Waals surface area contributed by atoms with E-state index in [9.17, 15) is 9.59 Å². The minimum absolute atomic E-state index is 0.127. The lowest BCUT2D eigenvalue weighted by Crippen LogP contribution is -2.39. The second-order valence-electron chi connectivity index (χ2n) is 6.90. The lowest BCUT2D eigenvalue weighted by atomic mass is 10.1. The van der Waals surface area contributed by atoms with Gasteiger partial charge in [-0.1, -0.05) is 49.2 Å². The van der Waals surface area contributed by atoms with Crippen molar-refractivity contribution >= 4 is 40.0 Å². The molecular weight excluding hydrogens is 409 g/mol. The summed E-state index contributed by atoms with van der Waals surface area (Å²) in [5.41, 5.74) is 0.878. The van der Waals surface area contributed by atoms with Gasteiger partial charge in [-0.25, -0.2) is 4.98 Å². The maximum Gasteiger partial charge on any atom is 0.261 e. The quantitative estimate of drug-likeness (QED) is 0.535. The highest BCUT2D eigenvalue weighted by molar-refractivity contribution is 6.36. The van der Waals surface area contributed by atoms with Crippen LogP contribution in [0.5, 0.6) is 0 Å². The van der Waals surface area contributed by atoms with Gasteiger partial charge in [-0.05, 0) is 43.2 Å². The number of hydrogen-bond donors (Lipinski definition) is 0. The molecule has 5 nitrogen and oxygen atoms in total. The molecule has 0 radical (unpaired) electrons. The summed E-state index contributed by atoms with van der Waals surface area (Å²) in [7, 11) is 1.70. The van der Waals surface area contributed by atoms with Crippen molar-refractivity contribution in [1.82, 2.24) is 14.5 Å². The van der Waals surface area contributed by atoms with Crippen molar-refractivity contribution < 1.29 is 4.79 Å². The predicted octanol–water partition coefficient (Wildman–Crippen LogP) is 5.24. The number of aromatic nitrogens is 2. The van der Waals surface area contributed by atoms with Crippen molar-refractivity contribution in [2.24, 2.45) is 7.05 Å². The number of carbonyl (C=O) groups is 1. The summed E-state index contributed by atoms with van der Waals surface area (Å²) in [6.07, 6.45) is 1.37. The number of rotatable bonds is 6. The molecular formula is C22H23Cl2N3O2. The normalized spacial score (nSPS) is 12.2. The van der Waals surface area contributed by atoms with E-state index in [4.69, 9.17) is 28.2 Å². The van der Waals surface area contributed by atoms with E-state index in [1.54, 1.807) is 36.2 Å². The number of nitrogens with zero attached hydrogens (tertiary/aromatic N) is 3. The van der Waals surface area contributed by atoms with E-state index in [1.807, 2.05) is 32.0 Å². The minimum atomic E-state index is -0.364. The highest BCUT2D eigenvalue weighted by Crippen LogP contribution is 2.28. The largest absolute Gasteiger partial charge is 0.328 e. The van der Waals surface area contributed by atoms with Crippen molar-refractivity contribution in [3.8, 4) is 0 Å². The number of hydrogen-bond acceptors (Lipinski definition) is 3. The van der Waals surface area contributed by atoms with E-state index in [0.717, 1.165) is 6.42 Å². The van der Waals surface area contributed by atoms with Gasteiger partial charge in [0.15, 0.2) is 0 Å². The predicted molar refractivity (Wildman–Crippen MR) is 118 cm³/mol. The molecule has 0 aliphatic rings. The van der Waals surface area contributed by atoms with Gasteiger partial charge >= 0.3 is 0 Å². The summed E-state index contributed by atoms with van der Waals surface area (Å²) < 4.78 is 1.54. The molecule has 0 bridgehead atoms. The van der Waals surface area contributed by atoms with Gasteiger partial charge in [0.25, 0.3) is 11.5 Å². The van der Waals surface area contributed by atoms with E-state index in [1.165, 1.54) is 4.57 Å². The van der Waals surface area contributed by atoms with Crippen LogP contribution in [-0.4, -0.2) is 26.9 Å². The van der Waals surface area contributed by atoms with Crippen LogP contribution >= 0.6 is 23.2 Å². The number of fused-ring (bicyclic) bond motifs is 1. The van der Waals surface area contributed by atoms with Crippen molar-refractivity contribution in [2.75, 3.05) is 6.54 Å². The van der Waals surface area contributed by atoms with Gasteiger partial charge in [-0.2, -0.15) is 0 Å². The number of carbonyl (C=O) groups excluding carboxylic acids is 1. The van der Waals surface area contributed by atoms with Crippen LogP contribution in [0, 0.1) is 0 Å². The van der Waals surface area contributed by atoms with E-state index >= 15 is 0 Å². The summed E-state index contributed by atoms with van der Waals surface area (Å²) in [6, 6.07) is 11.7. The first-order valence-corrected chi connectivity index (χ1v) is 10.4. The average molecular weight is 432 g/mol. The van der Waals surface area contributed by atoms with Crippen molar-refractivity contribution in [2.45, 2.75) is 32.7 Å². The molecule has 0 aliphatic heterocycles. The van der Waals surface area contributed by atoms with Gasteiger partial charge < -0.3 is 4.90 Å². The fourth-order valence-corrected chi connectivity index (χ4v) is 4.02. The highest BCUT2D eigenvalue weighted by Gasteiger charge is 2.29. The summed E-state index contributed by atoms with van der Waals surface area (Å²) in [6.45, 7) is 4.49. The van der Waals surface area contributed by atoms with Crippen LogP contribution in [-0.2, 0) is 7.05 Å². The Morgan fingerprint density at radius 1 is 1.17 bits per heavy atom. The molecule has 1 aromatic heterocycles. The molecule has 29 heavy (non-hydrogen) atoms. The molecule has 2 aromatic carbocycles. The van der Waals surface area contributed by atoms with Crippen LogP contribution < -0.4 is 5.56 Å². The van der Waals surface area contributed by atoms with E-state index in [2.05, 4.69) is 0 Å². The molecule has 3 aromatic rings. The summed E-state index contributed by atoms with van der Waals surface area (Å²) >= 11 is 12.3. The van der Waals surface area contributed by atoms with Crippen molar-refractivity contribution in [1.29, 1.82) is 0 Å².